The molecule has 0 N–H and O–H groups in total. The van der Waals surface area contributed by atoms with Crippen molar-refractivity contribution < 1.29 is 8.83 Å². The fraction of sp³-hybridized carbons (Fsp3) is 0.353. The lowest BCUT2D eigenvalue weighted by Crippen LogP contribution is -2.04. The molecule has 0 saturated heterocycles. The Morgan fingerprint density at radius 3 is 2.55 bits per heavy atom. The van der Waals surface area contributed by atoms with Crippen molar-refractivity contribution >= 4 is 34.2 Å². The summed E-state index contributed by atoms with van der Waals surface area (Å²) in [5.41, 5.74) is 6.78. The van der Waals surface area contributed by atoms with Gasteiger partial charge in [-0.05, 0) is 74.5 Å². The van der Waals surface area contributed by atoms with E-state index >= 15 is 0 Å². The lowest BCUT2D eigenvalue weighted by Gasteiger charge is -2.17. The molecule has 102 valence electrons. The molecule has 2 heterocycles. The molecule has 0 unspecified atom stereocenters. The van der Waals surface area contributed by atoms with Crippen LogP contribution in [-0.4, -0.2) is 0 Å². The number of rotatable bonds is 0. The van der Waals surface area contributed by atoms with Crippen LogP contribution >= 0.6 is 12.2 Å². The Balaban J connectivity index is 2.28. The van der Waals surface area contributed by atoms with Gasteiger partial charge in [0.05, 0.1) is 11.6 Å². The Kier molecular flexibility index (Phi) is 2.55. The minimum absolute atomic E-state index is 0.661. The Morgan fingerprint density at radius 2 is 1.75 bits per heavy atom. The Bertz CT molecular complexity index is 899. The van der Waals surface area contributed by atoms with Crippen LogP contribution in [0.25, 0.3) is 21.9 Å². The first kappa shape index (κ1) is 12.2. The molecule has 1 aromatic carbocycles. The van der Waals surface area contributed by atoms with E-state index in [4.69, 9.17) is 21.1 Å². The Labute approximate surface area is 122 Å². The molecule has 0 saturated carbocycles. The van der Waals surface area contributed by atoms with Gasteiger partial charge in [0.15, 0.2) is 4.71 Å². The number of furan rings is 1. The van der Waals surface area contributed by atoms with Crippen LogP contribution in [0.15, 0.2) is 21.2 Å². The van der Waals surface area contributed by atoms with E-state index in [-0.39, 0.29) is 0 Å². The number of fused-ring (bicyclic) bond motifs is 5. The van der Waals surface area contributed by atoms with Crippen molar-refractivity contribution in [2.24, 2.45) is 0 Å². The van der Waals surface area contributed by atoms with E-state index in [1.807, 2.05) is 6.26 Å². The van der Waals surface area contributed by atoms with Gasteiger partial charge in [0.25, 0.3) is 0 Å². The number of hydrogen-bond donors (Lipinski definition) is 0. The molecule has 3 heteroatoms. The van der Waals surface area contributed by atoms with Crippen molar-refractivity contribution in [2.45, 2.75) is 39.5 Å². The third-order valence-electron chi connectivity index (χ3n) is 4.41. The predicted molar refractivity (Wildman–Crippen MR) is 82.9 cm³/mol. The van der Waals surface area contributed by atoms with E-state index in [0.29, 0.717) is 4.71 Å². The van der Waals surface area contributed by atoms with Crippen LogP contribution in [0.4, 0.5) is 0 Å². The second-order valence-corrected chi connectivity index (χ2v) is 6.11. The molecule has 0 spiro atoms. The lowest BCUT2D eigenvalue weighted by molar-refractivity contribution is 0.555. The molecular weight excluding hydrogens is 268 g/mol. The summed E-state index contributed by atoms with van der Waals surface area (Å²) >= 11 is 5.44. The molecule has 3 aromatic rings. The largest absolute Gasteiger partial charge is 0.463 e. The lowest BCUT2D eigenvalue weighted by atomic mass is 9.89. The van der Waals surface area contributed by atoms with Crippen molar-refractivity contribution in [3.05, 3.63) is 39.3 Å². The van der Waals surface area contributed by atoms with E-state index in [9.17, 15) is 0 Å². The molecule has 0 atom stereocenters. The van der Waals surface area contributed by atoms with Gasteiger partial charge in [-0.2, -0.15) is 0 Å². The molecule has 0 aliphatic heterocycles. The molecule has 4 rings (SSSR count). The Hall–Kier alpha value is -1.61. The molecule has 0 amide bonds. The summed E-state index contributed by atoms with van der Waals surface area (Å²) in [7, 11) is 0. The van der Waals surface area contributed by atoms with Gasteiger partial charge in [0.1, 0.15) is 11.2 Å². The summed E-state index contributed by atoms with van der Waals surface area (Å²) in [6.45, 7) is 4.19. The van der Waals surface area contributed by atoms with Gasteiger partial charge in [0, 0.05) is 10.9 Å². The first-order valence-corrected chi connectivity index (χ1v) is 7.53. The highest BCUT2D eigenvalue weighted by atomic mass is 32.1. The average Bonchev–Trinajstić information content (AvgIpc) is 2.81. The highest BCUT2D eigenvalue weighted by molar-refractivity contribution is 7.71. The first-order chi connectivity index (χ1) is 9.66. The normalized spacial score (nSPS) is 14.9. The third-order valence-corrected chi connectivity index (χ3v) is 4.74. The topological polar surface area (TPSA) is 26.3 Å². The van der Waals surface area contributed by atoms with Crippen molar-refractivity contribution in [3.63, 3.8) is 0 Å². The summed E-state index contributed by atoms with van der Waals surface area (Å²) in [5.74, 6) is 0. The number of benzene rings is 1. The van der Waals surface area contributed by atoms with Crippen LogP contribution in [-0.2, 0) is 12.8 Å². The van der Waals surface area contributed by atoms with Crippen molar-refractivity contribution in [2.75, 3.05) is 0 Å². The molecule has 1 aliphatic rings. The molecule has 2 nitrogen and oxygen atoms in total. The predicted octanol–water partition coefficient (Wildman–Crippen LogP) is 5.40. The van der Waals surface area contributed by atoms with Crippen LogP contribution in [0.2, 0.25) is 0 Å². The van der Waals surface area contributed by atoms with Crippen molar-refractivity contribution in [1.29, 1.82) is 0 Å². The monoisotopic (exact) mass is 284 g/mol. The first-order valence-electron chi connectivity index (χ1n) is 7.13. The second kappa shape index (κ2) is 4.19. The van der Waals surface area contributed by atoms with Crippen LogP contribution < -0.4 is 0 Å². The quantitative estimate of drug-likeness (QED) is 0.517. The number of aryl methyl sites for hydroxylation is 3. The van der Waals surface area contributed by atoms with Gasteiger partial charge in [0.2, 0.25) is 0 Å². The fourth-order valence-electron chi connectivity index (χ4n) is 3.51. The summed E-state index contributed by atoms with van der Waals surface area (Å²) in [5, 5.41) is 2.36. The summed E-state index contributed by atoms with van der Waals surface area (Å²) in [4.78, 5) is 0. The van der Waals surface area contributed by atoms with E-state index in [1.54, 1.807) is 0 Å². The van der Waals surface area contributed by atoms with Crippen LogP contribution in [0.3, 0.4) is 0 Å². The van der Waals surface area contributed by atoms with Gasteiger partial charge < -0.3 is 8.83 Å². The van der Waals surface area contributed by atoms with E-state index in [1.165, 1.54) is 40.5 Å². The SMILES string of the molecule is Cc1coc2c1c(C)cc1oc(=S)c3c(c12)CCCC3. The number of hydrogen-bond acceptors (Lipinski definition) is 3. The van der Waals surface area contributed by atoms with Crippen LogP contribution in [0.5, 0.6) is 0 Å². The van der Waals surface area contributed by atoms with Gasteiger partial charge >= 0.3 is 0 Å². The van der Waals surface area contributed by atoms with Crippen LogP contribution in [0, 0.1) is 18.6 Å². The molecule has 0 radical (unpaired) electrons. The zero-order valence-corrected chi connectivity index (χ0v) is 12.5. The molecular formula is C17H16O2S. The maximum absolute atomic E-state index is 5.91. The second-order valence-electron chi connectivity index (χ2n) is 5.74. The minimum atomic E-state index is 0.661. The van der Waals surface area contributed by atoms with Gasteiger partial charge in [-0.25, -0.2) is 0 Å². The highest BCUT2D eigenvalue weighted by Crippen LogP contribution is 2.38. The zero-order valence-electron chi connectivity index (χ0n) is 11.7. The molecule has 20 heavy (non-hydrogen) atoms. The highest BCUT2D eigenvalue weighted by Gasteiger charge is 2.21. The Morgan fingerprint density at radius 1 is 1.00 bits per heavy atom. The minimum Gasteiger partial charge on any atom is -0.463 e. The standard InChI is InChI=1S/C17H16O2S/c1-9-7-13-15(16-14(9)10(2)8-18-16)11-5-3-4-6-12(11)17(20)19-13/h7-8H,3-6H2,1-2H3. The molecule has 2 aromatic heterocycles. The van der Waals surface area contributed by atoms with Gasteiger partial charge in [-0.3, -0.25) is 0 Å². The maximum Gasteiger partial charge on any atom is 0.194 e. The third kappa shape index (κ3) is 1.53. The zero-order chi connectivity index (χ0) is 13.9. The average molecular weight is 284 g/mol. The fourth-order valence-corrected chi connectivity index (χ4v) is 3.82. The van der Waals surface area contributed by atoms with E-state index in [0.717, 1.165) is 29.4 Å². The maximum atomic E-state index is 5.91. The smallest absolute Gasteiger partial charge is 0.194 e. The molecule has 0 bridgehead atoms. The van der Waals surface area contributed by atoms with Crippen molar-refractivity contribution in [1.82, 2.24) is 0 Å². The summed E-state index contributed by atoms with van der Waals surface area (Å²) < 4.78 is 12.4. The molecule has 0 fully saturated rings. The van der Waals surface area contributed by atoms with Gasteiger partial charge in [-0.15, -0.1) is 0 Å². The van der Waals surface area contributed by atoms with Crippen molar-refractivity contribution in [3.8, 4) is 0 Å². The molecule has 1 aliphatic carbocycles. The van der Waals surface area contributed by atoms with E-state index < -0.39 is 0 Å². The van der Waals surface area contributed by atoms with Crippen LogP contribution in [0.1, 0.15) is 35.1 Å². The summed E-state index contributed by atoms with van der Waals surface area (Å²) in [6, 6.07) is 2.10. The van der Waals surface area contributed by atoms with E-state index in [2.05, 4.69) is 19.9 Å². The van der Waals surface area contributed by atoms with Gasteiger partial charge in [-0.1, -0.05) is 0 Å². The summed E-state index contributed by atoms with van der Waals surface area (Å²) in [6.07, 6.45) is 6.36.